The smallest absolute Gasteiger partial charge is 0.270 e. The lowest BCUT2D eigenvalue weighted by atomic mass is 10.1. The molecule has 0 aliphatic carbocycles. The topological polar surface area (TPSA) is 82.1 Å². The molecular formula is C29H30F2N4O3S. The van der Waals surface area contributed by atoms with Crippen molar-refractivity contribution in [2.45, 2.75) is 37.1 Å². The fourth-order valence-electron chi connectivity index (χ4n) is 4.85. The van der Waals surface area contributed by atoms with Crippen molar-refractivity contribution in [2.24, 2.45) is 4.99 Å². The number of hydrogen-bond acceptors (Lipinski definition) is 5. The van der Waals surface area contributed by atoms with Gasteiger partial charge in [-0.2, -0.15) is 0 Å². The van der Waals surface area contributed by atoms with E-state index in [0.717, 1.165) is 30.9 Å². The zero-order valence-corrected chi connectivity index (χ0v) is 22.4. The molecule has 3 aromatic carbocycles. The summed E-state index contributed by atoms with van der Waals surface area (Å²) in [4.78, 5) is 21.5. The third-order valence-electron chi connectivity index (χ3n) is 7.05. The molecule has 2 aliphatic rings. The summed E-state index contributed by atoms with van der Waals surface area (Å²) in [6, 6.07) is 17.9. The second kappa shape index (κ2) is 10.9. The van der Waals surface area contributed by atoms with Crippen LogP contribution in [0, 0.1) is 0 Å². The van der Waals surface area contributed by atoms with Crippen LogP contribution in [0.25, 0.3) is 0 Å². The molecule has 1 amide bonds. The van der Waals surface area contributed by atoms with Crippen LogP contribution in [-0.4, -0.2) is 56.5 Å². The Bertz CT molecular complexity index is 1480. The number of amides is 1. The first-order chi connectivity index (χ1) is 18.6. The van der Waals surface area contributed by atoms with E-state index in [1.165, 1.54) is 12.1 Å². The average Bonchev–Trinajstić information content (AvgIpc) is 2.93. The predicted molar refractivity (Wildman–Crippen MR) is 147 cm³/mol. The highest BCUT2D eigenvalue weighted by Crippen LogP contribution is 2.33. The number of para-hydroxylation sites is 1. The second-order valence-corrected chi connectivity index (χ2v) is 11.6. The van der Waals surface area contributed by atoms with Crippen LogP contribution >= 0.6 is 0 Å². The molecule has 2 aliphatic heterocycles. The van der Waals surface area contributed by atoms with Gasteiger partial charge in [0.15, 0.2) is 0 Å². The number of nitrogens with zero attached hydrogens (tertiary/aromatic N) is 3. The van der Waals surface area contributed by atoms with Crippen LogP contribution in [0.1, 0.15) is 40.4 Å². The molecule has 0 unspecified atom stereocenters. The fraction of sp³-hybridized carbons (Fsp3) is 0.310. The number of alkyl halides is 2. The van der Waals surface area contributed by atoms with Gasteiger partial charge in [-0.15, -0.1) is 0 Å². The van der Waals surface area contributed by atoms with Crippen LogP contribution in [0.4, 0.5) is 20.2 Å². The average molecular weight is 553 g/mol. The van der Waals surface area contributed by atoms with E-state index in [1.54, 1.807) is 59.6 Å². The normalized spacial score (nSPS) is 16.1. The molecule has 3 aromatic rings. The van der Waals surface area contributed by atoms with Crippen LogP contribution in [0.2, 0.25) is 0 Å². The lowest BCUT2D eigenvalue weighted by molar-refractivity contribution is 0.0174. The van der Waals surface area contributed by atoms with E-state index < -0.39 is 15.9 Å². The van der Waals surface area contributed by atoms with Crippen LogP contribution in [0.3, 0.4) is 0 Å². The first-order valence-corrected chi connectivity index (χ1v) is 14.3. The van der Waals surface area contributed by atoms with E-state index >= 15 is 0 Å². The lowest BCUT2D eigenvalue weighted by Crippen LogP contribution is -2.48. The molecular weight excluding hydrogens is 522 g/mol. The lowest BCUT2D eigenvalue weighted by Gasteiger charge is -2.35. The molecule has 0 radical (unpaired) electrons. The van der Waals surface area contributed by atoms with Gasteiger partial charge >= 0.3 is 0 Å². The number of carbonyl (C=O) groups excluding carboxylic acids is 1. The quantitative estimate of drug-likeness (QED) is 0.437. The number of hydrogen-bond donors (Lipinski definition) is 1. The minimum Gasteiger partial charge on any atom is -0.336 e. The summed E-state index contributed by atoms with van der Waals surface area (Å²) < 4.78 is 55.6. The molecule has 0 bridgehead atoms. The maximum absolute atomic E-state index is 13.4. The number of halogens is 2. The van der Waals surface area contributed by atoms with Gasteiger partial charge in [0.05, 0.1) is 5.69 Å². The summed E-state index contributed by atoms with van der Waals surface area (Å²) in [6.07, 6.45) is 3.26. The van der Waals surface area contributed by atoms with Gasteiger partial charge < -0.3 is 4.90 Å². The number of aryl methyl sites for hydroxylation is 1. The van der Waals surface area contributed by atoms with Gasteiger partial charge in [0.25, 0.3) is 21.9 Å². The van der Waals surface area contributed by atoms with E-state index in [-0.39, 0.29) is 16.4 Å². The van der Waals surface area contributed by atoms with Crippen molar-refractivity contribution in [2.75, 3.05) is 30.9 Å². The Balaban J connectivity index is 1.17. The van der Waals surface area contributed by atoms with Gasteiger partial charge in [-0.1, -0.05) is 36.4 Å². The summed E-state index contributed by atoms with van der Waals surface area (Å²) in [6.45, 7) is 3.92. The first kappa shape index (κ1) is 27.0. The van der Waals surface area contributed by atoms with E-state index in [2.05, 4.69) is 14.6 Å². The maximum Gasteiger partial charge on any atom is 0.270 e. The van der Waals surface area contributed by atoms with Crippen LogP contribution in [-0.2, 0) is 28.9 Å². The van der Waals surface area contributed by atoms with Gasteiger partial charge in [-0.25, -0.2) is 17.2 Å². The molecule has 5 rings (SSSR count). The molecule has 0 aromatic heterocycles. The van der Waals surface area contributed by atoms with Crippen LogP contribution in [0.5, 0.6) is 0 Å². The molecule has 1 N–H and O–H groups in total. The minimum atomic E-state index is -3.85. The zero-order valence-electron chi connectivity index (χ0n) is 21.6. The van der Waals surface area contributed by atoms with E-state index in [1.807, 2.05) is 6.07 Å². The van der Waals surface area contributed by atoms with Crippen molar-refractivity contribution in [3.63, 3.8) is 0 Å². The summed E-state index contributed by atoms with van der Waals surface area (Å²) in [7, 11) is -3.85. The number of carbonyl (C=O) groups is 1. The molecule has 1 fully saturated rings. The fourth-order valence-corrected chi connectivity index (χ4v) is 6.10. The van der Waals surface area contributed by atoms with E-state index in [0.29, 0.717) is 49.7 Å². The van der Waals surface area contributed by atoms with E-state index in [4.69, 9.17) is 0 Å². The third-order valence-corrected chi connectivity index (χ3v) is 8.46. The van der Waals surface area contributed by atoms with Crippen molar-refractivity contribution in [3.05, 3.63) is 89.0 Å². The third kappa shape index (κ3) is 6.17. The van der Waals surface area contributed by atoms with Crippen LogP contribution < -0.4 is 4.72 Å². The van der Waals surface area contributed by atoms with Crippen molar-refractivity contribution in [1.82, 2.24) is 9.80 Å². The summed E-state index contributed by atoms with van der Waals surface area (Å²) in [5.41, 5.74) is 3.16. The Morgan fingerprint density at radius 1 is 0.974 bits per heavy atom. The Kier molecular flexibility index (Phi) is 7.51. The highest BCUT2D eigenvalue weighted by Gasteiger charge is 2.26. The number of anilines is 1. The summed E-state index contributed by atoms with van der Waals surface area (Å²) in [5.74, 6) is -2.98. The molecule has 2 heterocycles. The molecule has 39 heavy (non-hydrogen) atoms. The summed E-state index contributed by atoms with van der Waals surface area (Å²) in [5, 5.41) is 0. The first-order valence-electron chi connectivity index (χ1n) is 12.9. The molecule has 10 heteroatoms. The predicted octanol–water partition coefficient (Wildman–Crippen LogP) is 5.21. The van der Waals surface area contributed by atoms with Crippen molar-refractivity contribution in [3.8, 4) is 0 Å². The SMILES string of the molecule is CC(F)(F)c1ccc(CN2CCN(C(=O)c3ccc(NS(=O)(=O)c4cccc5c4N=CCC5)cc3)CC2)cc1. The number of sulfonamides is 1. The monoisotopic (exact) mass is 552 g/mol. The minimum absolute atomic E-state index is 0.00590. The Morgan fingerprint density at radius 3 is 2.33 bits per heavy atom. The molecule has 204 valence electrons. The number of benzene rings is 3. The molecule has 0 atom stereocenters. The highest BCUT2D eigenvalue weighted by atomic mass is 32.2. The molecule has 1 saturated heterocycles. The Morgan fingerprint density at radius 2 is 1.67 bits per heavy atom. The van der Waals surface area contributed by atoms with Gasteiger partial charge in [0.2, 0.25) is 0 Å². The highest BCUT2D eigenvalue weighted by molar-refractivity contribution is 7.92. The Labute approximate surface area is 227 Å². The maximum atomic E-state index is 13.4. The van der Waals surface area contributed by atoms with Gasteiger partial charge in [0, 0.05) is 62.7 Å². The number of nitrogens with one attached hydrogen (secondary N) is 1. The molecule has 0 spiro atoms. The van der Waals surface area contributed by atoms with Crippen molar-refractivity contribution >= 4 is 33.5 Å². The number of rotatable bonds is 7. The Hall–Kier alpha value is -3.63. The molecule has 7 nitrogen and oxygen atoms in total. The summed E-state index contributed by atoms with van der Waals surface area (Å²) >= 11 is 0. The zero-order chi connectivity index (χ0) is 27.6. The van der Waals surface area contributed by atoms with Gasteiger partial charge in [0.1, 0.15) is 4.90 Å². The van der Waals surface area contributed by atoms with E-state index in [9.17, 15) is 22.0 Å². The van der Waals surface area contributed by atoms with Crippen molar-refractivity contribution in [1.29, 1.82) is 0 Å². The largest absolute Gasteiger partial charge is 0.336 e. The van der Waals surface area contributed by atoms with Crippen LogP contribution in [0.15, 0.2) is 76.6 Å². The number of fused-ring (bicyclic) bond motifs is 1. The van der Waals surface area contributed by atoms with Crippen molar-refractivity contribution < 1.29 is 22.0 Å². The standard InChI is InChI=1S/C29H30F2N4O3S/c1-29(30,31)24-11-7-21(8-12-24)20-34-16-18-35(19-17-34)28(36)23-9-13-25(14-10-23)33-39(37,38)26-6-2-4-22-5-3-15-32-27(22)26/h2,4,6-15,33H,3,5,16-20H2,1H3. The number of piperazine rings is 1. The van der Waals surface area contributed by atoms with Gasteiger partial charge in [-0.3, -0.25) is 19.4 Å². The molecule has 0 saturated carbocycles. The van der Waals surface area contributed by atoms with Gasteiger partial charge in [-0.05, 0) is 54.3 Å². The second-order valence-electron chi connectivity index (χ2n) is 9.95. The number of aliphatic imine (C=N–C) groups is 1.